The number of nitrogens with two attached hydrogens (primary N) is 1. The van der Waals surface area contributed by atoms with E-state index in [2.05, 4.69) is 22.0 Å². The topological polar surface area (TPSA) is 51.4 Å². The lowest BCUT2D eigenvalue weighted by Crippen LogP contribution is -2.31. The molecule has 0 saturated heterocycles. The summed E-state index contributed by atoms with van der Waals surface area (Å²) in [5, 5.41) is 0. The maximum atomic E-state index is 6.11. The van der Waals surface area contributed by atoms with Gasteiger partial charge in [0.1, 0.15) is 0 Å². The lowest BCUT2D eigenvalue weighted by molar-refractivity contribution is 0.411. The summed E-state index contributed by atoms with van der Waals surface area (Å²) in [6, 6.07) is 8.24. The highest BCUT2D eigenvalue weighted by Crippen LogP contribution is 2.33. The van der Waals surface area contributed by atoms with Crippen LogP contribution < -0.4 is 15.4 Å². The van der Waals surface area contributed by atoms with Gasteiger partial charge in [-0.3, -0.25) is 4.98 Å². The van der Waals surface area contributed by atoms with Gasteiger partial charge in [-0.15, -0.1) is 0 Å². The zero-order valence-electron chi connectivity index (χ0n) is 11.9. The van der Waals surface area contributed by atoms with Crippen molar-refractivity contribution < 1.29 is 4.74 Å². The summed E-state index contributed by atoms with van der Waals surface area (Å²) < 4.78 is 5.44. The zero-order valence-corrected chi connectivity index (χ0v) is 11.9. The largest absolute Gasteiger partial charge is 0.493 e. The Kier molecular flexibility index (Phi) is 3.22. The molecule has 0 bridgehead atoms. The quantitative estimate of drug-likeness (QED) is 0.851. The average molecular weight is 269 g/mol. The summed E-state index contributed by atoms with van der Waals surface area (Å²) >= 11 is 0. The first-order chi connectivity index (χ1) is 9.69. The minimum atomic E-state index is 0.813. The summed E-state index contributed by atoms with van der Waals surface area (Å²) in [5.74, 6) is 0.813. The van der Waals surface area contributed by atoms with E-state index in [9.17, 15) is 0 Å². The molecule has 2 N–H and O–H groups in total. The van der Waals surface area contributed by atoms with E-state index in [0.29, 0.717) is 0 Å². The molecule has 4 heteroatoms. The Bertz CT molecular complexity index is 640. The maximum Gasteiger partial charge on any atom is 0.160 e. The number of nitrogens with zero attached hydrogens (tertiary/aromatic N) is 2. The Morgan fingerprint density at radius 3 is 3.00 bits per heavy atom. The van der Waals surface area contributed by atoms with Crippen LogP contribution >= 0.6 is 0 Å². The second kappa shape index (κ2) is 5.04. The SMILES string of the molecule is COc1cnc(C)cc1N1CCc2cccc(N)c2C1. The number of anilines is 2. The van der Waals surface area contributed by atoms with Gasteiger partial charge in [0.25, 0.3) is 0 Å². The van der Waals surface area contributed by atoms with Gasteiger partial charge in [0.2, 0.25) is 0 Å². The van der Waals surface area contributed by atoms with Crippen molar-refractivity contribution in [2.24, 2.45) is 0 Å². The van der Waals surface area contributed by atoms with Crippen molar-refractivity contribution in [3.8, 4) is 5.75 Å². The molecule has 2 aromatic rings. The molecule has 0 radical (unpaired) electrons. The van der Waals surface area contributed by atoms with Crippen LogP contribution in [0.4, 0.5) is 11.4 Å². The van der Waals surface area contributed by atoms with Crippen LogP contribution in [0.5, 0.6) is 5.75 Å². The summed E-state index contributed by atoms with van der Waals surface area (Å²) in [4.78, 5) is 6.60. The lowest BCUT2D eigenvalue weighted by atomic mass is 9.97. The molecule has 0 saturated carbocycles. The number of benzene rings is 1. The van der Waals surface area contributed by atoms with E-state index in [1.807, 2.05) is 19.1 Å². The first kappa shape index (κ1) is 12.8. The Balaban J connectivity index is 1.98. The molecule has 1 aliphatic heterocycles. The predicted molar refractivity (Wildman–Crippen MR) is 81.1 cm³/mol. The second-order valence-electron chi connectivity index (χ2n) is 5.15. The first-order valence-corrected chi connectivity index (χ1v) is 6.81. The highest BCUT2D eigenvalue weighted by Gasteiger charge is 2.21. The molecular weight excluding hydrogens is 250 g/mol. The fraction of sp³-hybridized carbons (Fsp3) is 0.312. The van der Waals surface area contributed by atoms with Crippen molar-refractivity contribution in [1.82, 2.24) is 4.98 Å². The summed E-state index contributed by atoms with van der Waals surface area (Å²) in [6.07, 6.45) is 2.79. The Hall–Kier alpha value is -2.23. The molecule has 0 atom stereocenters. The molecule has 1 aromatic carbocycles. The number of hydrogen-bond donors (Lipinski definition) is 1. The third-order valence-electron chi connectivity index (χ3n) is 3.85. The van der Waals surface area contributed by atoms with Gasteiger partial charge >= 0.3 is 0 Å². The summed E-state index contributed by atoms with van der Waals surface area (Å²) in [7, 11) is 1.68. The monoisotopic (exact) mass is 269 g/mol. The normalized spacial score (nSPS) is 14.0. The van der Waals surface area contributed by atoms with Crippen LogP contribution in [0.25, 0.3) is 0 Å². The molecule has 2 heterocycles. The smallest absolute Gasteiger partial charge is 0.160 e. The maximum absolute atomic E-state index is 6.11. The minimum Gasteiger partial charge on any atom is -0.493 e. The van der Waals surface area contributed by atoms with Crippen molar-refractivity contribution in [2.45, 2.75) is 19.9 Å². The Labute approximate surface area is 119 Å². The number of methoxy groups -OCH3 is 1. The number of aryl methyl sites for hydroxylation is 1. The van der Waals surface area contributed by atoms with Crippen LogP contribution in [0.15, 0.2) is 30.5 Å². The number of nitrogen functional groups attached to an aromatic ring is 1. The molecule has 0 amide bonds. The third-order valence-corrected chi connectivity index (χ3v) is 3.85. The number of hydrogen-bond acceptors (Lipinski definition) is 4. The van der Waals surface area contributed by atoms with E-state index in [1.165, 1.54) is 11.1 Å². The molecule has 0 spiro atoms. The molecule has 20 heavy (non-hydrogen) atoms. The van der Waals surface area contributed by atoms with Gasteiger partial charge < -0.3 is 15.4 Å². The van der Waals surface area contributed by atoms with Crippen LogP contribution in [0.3, 0.4) is 0 Å². The molecule has 0 unspecified atom stereocenters. The van der Waals surface area contributed by atoms with E-state index >= 15 is 0 Å². The van der Waals surface area contributed by atoms with Gasteiger partial charge in [-0.2, -0.15) is 0 Å². The van der Waals surface area contributed by atoms with Gasteiger partial charge in [-0.25, -0.2) is 0 Å². The first-order valence-electron chi connectivity index (χ1n) is 6.81. The average Bonchev–Trinajstić information content (AvgIpc) is 2.47. The van der Waals surface area contributed by atoms with Gasteiger partial charge in [0, 0.05) is 24.5 Å². The fourth-order valence-electron chi connectivity index (χ4n) is 2.75. The van der Waals surface area contributed by atoms with E-state index < -0.39 is 0 Å². The third kappa shape index (κ3) is 2.18. The van der Waals surface area contributed by atoms with E-state index in [-0.39, 0.29) is 0 Å². The Morgan fingerprint density at radius 1 is 1.35 bits per heavy atom. The lowest BCUT2D eigenvalue weighted by Gasteiger charge is -2.32. The van der Waals surface area contributed by atoms with E-state index in [4.69, 9.17) is 10.5 Å². The fourth-order valence-corrected chi connectivity index (χ4v) is 2.75. The molecule has 0 aliphatic carbocycles. The number of ether oxygens (including phenoxy) is 1. The zero-order chi connectivity index (χ0) is 14.1. The van der Waals surface area contributed by atoms with Crippen LogP contribution in [0.2, 0.25) is 0 Å². The molecule has 1 aromatic heterocycles. The van der Waals surface area contributed by atoms with Crippen molar-refractivity contribution in [2.75, 3.05) is 24.3 Å². The number of pyridine rings is 1. The van der Waals surface area contributed by atoms with Gasteiger partial charge in [-0.05, 0) is 36.6 Å². The molecule has 4 nitrogen and oxygen atoms in total. The summed E-state index contributed by atoms with van der Waals surface area (Å²) in [5.41, 5.74) is 11.7. The number of rotatable bonds is 2. The molecule has 1 aliphatic rings. The predicted octanol–water partition coefficient (Wildman–Crippen LogP) is 2.54. The summed E-state index contributed by atoms with van der Waals surface area (Å²) in [6.45, 7) is 3.79. The van der Waals surface area contributed by atoms with E-state index in [0.717, 1.165) is 42.3 Å². The standard InChI is InChI=1S/C16H19N3O/c1-11-8-15(16(20-2)9-18-11)19-7-6-12-4-3-5-14(17)13(12)10-19/h3-5,8-9H,6-7,10,17H2,1-2H3. The van der Waals surface area contributed by atoms with Gasteiger partial charge in [0.05, 0.1) is 19.0 Å². The van der Waals surface area contributed by atoms with E-state index in [1.54, 1.807) is 13.3 Å². The van der Waals surface area contributed by atoms with Gasteiger partial charge in [-0.1, -0.05) is 12.1 Å². The van der Waals surface area contributed by atoms with Crippen LogP contribution in [0.1, 0.15) is 16.8 Å². The van der Waals surface area contributed by atoms with Crippen molar-refractivity contribution in [1.29, 1.82) is 0 Å². The Morgan fingerprint density at radius 2 is 2.20 bits per heavy atom. The highest BCUT2D eigenvalue weighted by atomic mass is 16.5. The molecule has 3 rings (SSSR count). The molecule has 104 valence electrons. The highest BCUT2D eigenvalue weighted by molar-refractivity contribution is 5.62. The van der Waals surface area contributed by atoms with Crippen molar-refractivity contribution in [3.63, 3.8) is 0 Å². The van der Waals surface area contributed by atoms with Gasteiger partial charge in [0.15, 0.2) is 5.75 Å². The molecular formula is C16H19N3O. The number of fused-ring (bicyclic) bond motifs is 1. The van der Waals surface area contributed by atoms with Crippen LogP contribution in [0, 0.1) is 6.92 Å². The van der Waals surface area contributed by atoms with Crippen molar-refractivity contribution >= 4 is 11.4 Å². The molecule has 0 fully saturated rings. The minimum absolute atomic E-state index is 0.813. The van der Waals surface area contributed by atoms with Crippen LogP contribution in [-0.4, -0.2) is 18.6 Å². The number of aromatic nitrogens is 1. The second-order valence-corrected chi connectivity index (χ2v) is 5.15. The van der Waals surface area contributed by atoms with Crippen LogP contribution in [-0.2, 0) is 13.0 Å². The van der Waals surface area contributed by atoms with Crippen molar-refractivity contribution in [3.05, 3.63) is 47.3 Å².